The quantitative estimate of drug-likeness (QED) is 0.379. The van der Waals surface area contributed by atoms with Crippen molar-refractivity contribution in [2.45, 2.75) is 47.6 Å². The van der Waals surface area contributed by atoms with Crippen LogP contribution in [0.4, 0.5) is 9.59 Å². The fourth-order valence-corrected chi connectivity index (χ4v) is 4.86. The molecule has 0 saturated carbocycles. The molecule has 0 radical (unpaired) electrons. The molecule has 41 heavy (non-hydrogen) atoms. The minimum atomic E-state index is -1.85. The molecule has 3 atom stereocenters. The zero-order valence-corrected chi connectivity index (χ0v) is 24.1. The lowest BCUT2D eigenvalue weighted by Crippen LogP contribution is -2.62. The van der Waals surface area contributed by atoms with Crippen LogP contribution in [0.3, 0.4) is 0 Å². The number of nitrogens with zero attached hydrogens (tertiary/aromatic N) is 2. The first kappa shape index (κ1) is 30.7. The molecular formula is C27H29Cl3N4O7. The van der Waals surface area contributed by atoms with Gasteiger partial charge in [0.15, 0.2) is 0 Å². The van der Waals surface area contributed by atoms with Crippen LogP contribution < -0.4 is 10.7 Å². The molecule has 2 heterocycles. The summed E-state index contributed by atoms with van der Waals surface area (Å²) in [4.78, 5) is 53.2. The third kappa shape index (κ3) is 8.62. The first-order chi connectivity index (χ1) is 19.5. The van der Waals surface area contributed by atoms with E-state index in [0.29, 0.717) is 24.8 Å². The van der Waals surface area contributed by atoms with Crippen LogP contribution in [0.5, 0.6) is 5.75 Å². The number of phenolic OH excluding ortho intramolecular Hbond substituents is 1. The van der Waals surface area contributed by atoms with Crippen molar-refractivity contribution in [3.8, 4) is 5.75 Å². The highest BCUT2D eigenvalue weighted by molar-refractivity contribution is 6.67. The fraction of sp³-hybridized carbons (Fsp3) is 0.407. The summed E-state index contributed by atoms with van der Waals surface area (Å²) < 4.78 is 8.28. The number of hydrazine groups is 1. The van der Waals surface area contributed by atoms with Crippen molar-refractivity contribution in [1.82, 2.24) is 20.7 Å². The maximum absolute atomic E-state index is 13.6. The van der Waals surface area contributed by atoms with Gasteiger partial charge in [-0.05, 0) is 42.5 Å². The lowest BCUT2D eigenvalue weighted by atomic mass is 10.0. The maximum atomic E-state index is 13.6. The molecular weight excluding hydrogens is 599 g/mol. The predicted molar refractivity (Wildman–Crippen MR) is 150 cm³/mol. The van der Waals surface area contributed by atoms with Gasteiger partial charge in [-0.2, -0.15) is 0 Å². The molecule has 0 spiro atoms. The fourth-order valence-electron chi connectivity index (χ4n) is 4.70. The predicted octanol–water partition coefficient (Wildman–Crippen LogP) is 3.49. The van der Waals surface area contributed by atoms with E-state index in [9.17, 15) is 24.3 Å². The van der Waals surface area contributed by atoms with Crippen LogP contribution in [-0.2, 0) is 31.9 Å². The number of cyclic esters (lactones) is 1. The summed E-state index contributed by atoms with van der Waals surface area (Å²) in [6.07, 6.45) is -0.479. The van der Waals surface area contributed by atoms with E-state index < -0.39 is 52.5 Å². The van der Waals surface area contributed by atoms with Crippen LogP contribution in [0.15, 0.2) is 54.6 Å². The van der Waals surface area contributed by atoms with Gasteiger partial charge in [0.2, 0.25) is 3.79 Å². The van der Waals surface area contributed by atoms with E-state index >= 15 is 0 Å². The number of imide groups is 1. The van der Waals surface area contributed by atoms with Crippen LogP contribution in [-0.4, -0.2) is 80.7 Å². The zero-order valence-electron chi connectivity index (χ0n) is 21.8. The van der Waals surface area contributed by atoms with Crippen LogP contribution >= 0.6 is 34.8 Å². The molecule has 2 saturated heterocycles. The van der Waals surface area contributed by atoms with E-state index in [0.717, 1.165) is 10.5 Å². The van der Waals surface area contributed by atoms with Crippen molar-refractivity contribution in [3.05, 3.63) is 65.7 Å². The zero-order chi connectivity index (χ0) is 29.6. The molecule has 11 nitrogen and oxygen atoms in total. The number of ether oxygens (including phenoxy) is 2. The van der Waals surface area contributed by atoms with Crippen molar-refractivity contribution in [1.29, 1.82) is 0 Å². The van der Waals surface area contributed by atoms with Crippen LogP contribution in [0.1, 0.15) is 24.0 Å². The Kier molecular flexibility index (Phi) is 10.2. The van der Waals surface area contributed by atoms with E-state index in [-0.39, 0.29) is 25.3 Å². The number of hydrogen-bond acceptors (Lipinski definition) is 8. The number of rotatable bonds is 8. The van der Waals surface area contributed by atoms with Gasteiger partial charge in [-0.15, -0.1) is 0 Å². The van der Waals surface area contributed by atoms with Gasteiger partial charge < -0.3 is 19.9 Å². The molecule has 2 aromatic rings. The molecule has 220 valence electrons. The molecule has 0 aromatic heterocycles. The highest BCUT2D eigenvalue weighted by atomic mass is 35.6. The Morgan fingerprint density at radius 1 is 1.12 bits per heavy atom. The normalized spacial score (nSPS) is 19.8. The average molecular weight is 628 g/mol. The van der Waals surface area contributed by atoms with Crippen LogP contribution in [0, 0.1) is 0 Å². The number of amides is 4. The van der Waals surface area contributed by atoms with Gasteiger partial charge in [-0.25, -0.2) is 19.9 Å². The third-order valence-electron chi connectivity index (χ3n) is 6.57. The largest absolute Gasteiger partial charge is 0.508 e. The van der Waals surface area contributed by atoms with Gasteiger partial charge in [0.05, 0.1) is 6.04 Å². The highest BCUT2D eigenvalue weighted by Gasteiger charge is 2.43. The lowest BCUT2D eigenvalue weighted by molar-refractivity contribution is -0.143. The van der Waals surface area contributed by atoms with Gasteiger partial charge in [0.1, 0.15) is 31.0 Å². The monoisotopic (exact) mass is 626 g/mol. The summed E-state index contributed by atoms with van der Waals surface area (Å²) >= 11 is 17.0. The van der Waals surface area contributed by atoms with E-state index in [1.807, 2.05) is 30.3 Å². The molecule has 2 aromatic carbocycles. The van der Waals surface area contributed by atoms with Gasteiger partial charge >= 0.3 is 12.2 Å². The minimum absolute atomic E-state index is 0.00943. The number of carbonyl (C=O) groups is 4. The summed E-state index contributed by atoms with van der Waals surface area (Å²) in [7, 11) is 0. The van der Waals surface area contributed by atoms with Crippen molar-refractivity contribution < 1.29 is 33.8 Å². The molecule has 4 amide bonds. The molecule has 2 aliphatic rings. The number of carbonyl (C=O) groups excluding carboxylic acids is 4. The second-order valence-electron chi connectivity index (χ2n) is 9.70. The number of aromatic hydroxyl groups is 1. The Hall–Kier alpha value is -3.25. The number of alkyl carbamates (subject to hydrolysis) is 1. The van der Waals surface area contributed by atoms with Crippen LogP contribution in [0.2, 0.25) is 0 Å². The number of alkyl halides is 3. The van der Waals surface area contributed by atoms with Gasteiger partial charge in [-0.1, -0.05) is 77.3 Å². The van der Waals surface area contributed by atoms with E-state index in [1.165, 1.54) is 17.1 Å². The van der Waals surface area contributed by atoms with Gasteiger partial charge in [0.25, 0.3) is 11.8 Å². The first-order valence-corrected chi connectivity index (χ1v) is 14.0. The molecule has 2 fully saturated rings. The van der Waals surface area contributed by atoms with E-state index in [4.69, 9.17) is 44.3 Å². The van der Waals surface area contributed by atoms with E-state index in [2.05, 4.69) is 10.7 Å². The van der Waals surface area contributed by atoms with Crippen molar-refractivity contribution in [2.24, 2.45) is 0 Å². The maximum Gasteiger partial charge on any atom is 0.417 e. The second-order valence-corrected chi connectivity index (χ2v) is 12.2. The molecule has 0 unspecified atom stereocenters. The summed E-state index contributed by atoms with van der Waals surface area (Å²) in [5.41, 5.74) is 4.42. The number of phenols is 1. The number of benzene rings is 2. The van der Waals surface area contributed by atoms with Crippen LogP contribution in [0.25, 0.3) is 0 Å². The van der Waals surface area contributed by atoms with Crippen molar-refractivity contribution in [2.75, 3.05) is 19.8 Å². The number of halogens is 3. The first-order valence-electron chi connectivity index (χ1n) is 12.9. The Morgan fingerprint density at radius 2 is 1.85 bits per heavy atom. The minimum Gasteiger partial charge on any atom is -0.508 e. The SMILES string of the molecule is O=C(N[C@@H](Cc1cccc(O)c1)C(=O)N1CCC[C@H](C(=O)N2C(=O)OC[C@@H]2Cc2ccccc2)N1)OCC(Cl)(Cl)Cl. The van der Waals surface area contributed by atoms with Gasteiger partial charge in [0, 0.05) is 13.0 Å². The average Bonchev–Trinajstić information content (AvgIpc) is 3.30. The summed E-state index contributed by atoms with van der Waals surface area (Å²) in [5.74, 6) is -1.09. The third-order valence-corrected chi connectivity index (χ3v) is 6.90. The molecule has 14 heteroatoms. The molecule has 0 aliphatic carbocycles. The smallest absolute Gasteiger partial charge is 0.417 e. The standard InChI is InChI=1S/C27H29Cl3N4O7/c28-27(29,30)16-41-25(38)31-22(14-18-8-4-9-20(35)13-18)23(36)33-11-5-10-21(32-33)24(37)34-19(15-40-26(34)39)12-17-6-2-1-3-7-17/h1-4,6-9,13,19,21-22,32,35H,5,10-12,14-16H2,(H,31,38)/t19-,21+,22-/m0/s1. The molecule has 3 N–H and O–H groups in total. The number of hydrogen-bond donors (Lipinski definition) is 3. The number of nitrogens with one attached hydrogen (secondary N) is 2. The van der Waals surface area contributed by atoms with E-state index in [1.54, 1.807) is 12.1 Å². The van der Waals surface area contributed by atoms with Crippen molar-refractivity contribution in [3.63, 3.8) is 0 Å². The molecule has 4 rings (SSSR count). The Balaban J connectivity index is 1.46. The summed E-state index contributed by atoms with van der Waals surface area (Å²) in [5, 5.41) is 13.6. The molecule has 2 aliphatic heterocycles. The Labute approximate surface area is 251 Å². The highest BCUT2D eigenvalue weighted by Crippen LogP contribution is 2.26. The Morgan fingerprint density at radius 3 is 2.56 bits per heavy atom. The van der Waals surface area contributed by atoms with Crippen molar-refractivity contribution >= 4 is 58.8 Å². The van der Waals surface area contributed by atoms with Gasteiger partial charge in [-0.3, -0.25) is 14.6 Å². The lowest BCUT2D eigenvalue weighted by Gasteiger charge is -2.36. The topological polar surface area (TPSA) is 138 Å². The Bertz CT molecular complexity index is 1260. The second kappa shape index (κ2) is 13.6. The molecule has 0 bridgehead atoms. The summed E-state index contributed by atoms with van der Waals surface area (Å²) in [6, 6.07) is 13.1. The summed E-state index contributed by atoms with van der Waals surface area (Å²) in [6.45, 7) is -0.242.